The van der Waals surface area contributed by atoms with Crippen LogP contribution in [0.2, 0.25) is 0 Å². The maximum atomic E-state index is 12.4. The molecule has 19 heavy (non-hydrogen) atoms. The summed E-state index contributed by atoms with van der Waals surface area (Å²) in [5, 5.41) is 12.4. The van der Waals surface area contributed by atoms with E-state index in [9.17, 15) is 5.21 Å². The number of hydrogen-bond acceptors (Lipinski definition) is 4. The van der Waals surface area contributed by atoms with Crippen LogP contribution >= 0.6 is 0 Å². The molecular formula is C14H12N2O3. The summed E-state index contributed by atoms with van der Waals surface area (Å²) in [6.45, 7) is 0. The van der Waals surface area contributed by atoms with Crippen LogP contribution in [0.5, 0.6) is 11.5 Å². The van der Waals surface area contributed by atoms with E-state index < -0.39 is 0 Å². The maximum Gasteiger partial charge on any atom is 0.246 e. The second-order valence-corrected chi connectivity index (χ2v) is 4.06. The van der Waals surface area contributed by atoms with Crippen LogP contribution < -0.4 is 14.2 Å². The third-order valence-corrected chi connectivity index (χ3v) is 3.06. The number of benzene rings is 2. The molecule has 0 saturated carbocycles. The Morgan fingerprint density at radius 1 is 0.895 bits per heavy atom. The number of para-hydroxylation sites is 2. The summed E-state index contributed by atoms with van der Waals surface area (Å²) in [5.41, 5.74) is 1.99. The monoisotopic (exact) mass is 256 g/mol. The number of hydrogen-bond donors (Lipinski definition) is 0. The SMILES string of the molecule is COc1cccc2c1nc1c(OC)cccc1[n+]2[O-]. The van der Waals surface area contributed by atoms with Gasteiger partial charge in [0.25, 0.3) is 0 Å². The van der Waals surface area contributed by atoms with Crippen molar-refractivity contribution in [2.24, 2.45) is 0 Å². The lowest BCUT2D eigenvalue weighted by Crippen LogP contribution is -2.28. The van der Waals surface area contributed by atoms with Crippen molar-refractivity contribution in [1.82, 2.24) is 4.98 Å². The highest BCUT2D eigenvalue weighted by molar-refractivity contribution is 5.88. The van der Waals surface area contributed by atoms with Crippen molar-refractivity contribution < 1.29 is 14.2 Å². The van der Waals surface area contributed by atoms with Gasteiger partial charge in [-0.25, -0.2) is 4.98 Å². The Hall–Kier alpha value is -2.56. The van der Waals surface area contributed by atoms with Crippen LogP contribution in [-0.2, 0) is 0 Å². The largest absolute Gasteiger partial charge is 0.618 e. The highest BCUT2D eigenvalue weighted by Gasteiger charge is 2.17. The zero-order valence-corrected chi connectivity index (χ0v) is 10.6. The molecule has 5 heteroatoms. The van der Waals surface area contributed by atoms with Crippen molar-refractivity contribution in [3.05, 3.63) is 41.6 Å². The van der Waals surface area contributed by atoms with Crippen molar-refractivity contribution in [3.63, 3.8) is 0 Å². The molecular weight excluding hydrogens is 244 g/mol. The predicted molar refractivity (Wildman–Crippen MR) is 71.3 cm³/mol. The van der Waals surface area contributed by atoms with E-state index in [1.165, 1.54) is 0 Å². The highest BCUT2D eigenvalue weighted by Crippen LogP contribution is 2.27. The fraction of sp³-hybridized carbons (Fsp3) is 0.143. The molecule has 0 unspecified atom stereocenters. The van der Waals surface area contributed by atoms with Crippen molar-refractivity contribution in [1.29, 1.82) is 0 Å². The molecule has 0 aliphatic rings. The Kier molecular flexibility index (Phi) is 2.59. The van der Waals surface area contributed by atoms with Crippen molar-refractivity contribution >= 4 is 22.1 Å². The van der Waals surface area contributed by atoms with Gasteiger partial charge in [-0.15, -0.1) is 0 Å². The Morgan fingerprint density at radius 2 is 1.37 bits per heavy atom. The second kappa shape index (κ2) is 4.28. The van der Waals surface area contributed by atoms with E-state index >= 15 is 0 Å². The number of nitrogens with zero attached hydrogens (tertiary/aromatic N) is 2. The van der Waals surface area contributed by atoms with Gasteiger partial charge in [0.2, 0.25) is 11.0 Å². The molecule has 0 spiro atoms. The molecule has 0 N–H and O–H groups in total. The molecule has 0 radical (unpaired) electrons. The quantitative estimate of drug-likeness (QED) is 0.400. The highest BCUT2D eigenvalue weighted by atomic mass is 16.5. The molecule has 0 atom stereocenters. The van der Waals surface area contributed by atoms with Crippen LogP contribution in [-0.4, -0.2) is 19.2 Å². The van der Waals surface area contributed by atoms with Crippen LogP contribution in [0.25, 0.3) is 22.1 Å². The minimum Gasteiger partial charge on any atom is -0.618 e. The average Bonchev–Trinajstić information content (AvgIpc) is 2.46. The third-order valence-electron chi connectivity index (χ3n) is 3.06. The van der Waals surface area contributed by atoms with Gasteiger partial charge in [0, 0.05) is 12.1 Å². The molecule has 0 amide bonds. The first-order valence-corrected chi connectivity index (χ1v) is 5.79. The summed E-state index contributed by atoms with van der Waals surface area (Å²) in [6, 6.07) is 10.5. The van der Waals surface area contributed by atoms with E-state index in [2.05, 4.69) is 4.98 Å². The fourth-order valence-corrected chi connectivity index (χ4v) is 2.15. The summed E-state index contributed by atoms with van der Waals surface area (Å²) in [5.74, 6) is 1.13. The van der Waals surface area contributed by atoms with E-state index in [1.54, 1.807) is 50.6 Å². The maximum absolute atomic E-state index is 12.4. The van der Waals surface area contributed by atoms with Gasteiger partial charge in [0.05, 0.1) is 14.2 Å². The van der Waals surface area contributed by atoms with Crippen molar-refractivity contribution in [2.45, 2.75) is 0 Å². The Bertz CT molecular complexity index is 709. The lowest BCUT2D eigenvalue weighted by Gasteiger charge is -2.09. The molecule has 96 valence electrons. The Morgan fingerprint density at radius 3 is 1.79 bits per heavy atom. The van der Waals surface area contributed by atoms with E-state index in [0.29, 0.717) is 33.6 Å². The zero-order chi connectivity index (χ0) is 13.4. The molecule has 0 bridgehead atoms. The zero-order valence-electron chi connectivity index (χ0n) is 10.6. The van der Waals surface area contributed by atoms with Gasteiger partial charge in [-0.3, -0.25) is 0 Å². The standard InChI is InChI=1S/C14H12N2O3/c1-18-11-7-3-5-9-13(11)15-14-10(16(9)17)6-4-8-12(14)19-2/h3-8H,1-2H3. The van der Waals surface area contributed by atoms with Gasteiger partial charge in [0.1, 0.15) is 0 Å². The Labute approximate surface area is 109 Å². The first-order chi connectivity index (χ1) is 9.26. The molecule has 3 rings (SSSR count). The van der Waals surface area contributed by atoms with E-state index in [1.807, 2.05) is 0 Å². The Balaban J connectivity index is 2.53. The summed E-state index contributed by atoms with van der Waals surface area (Å²) >= 11 is 0. The number of ether oxygens (including phenoxy) is 2. The first-order valence-electron chi connectivity index (χ1n) is 5.79. The summed E-state index contributed by atoms with van der Waals surface area (Å²) < 4.78 is 11.3. The lowest BCUT2D eigenvalue weighted by molar-refractivity contribution is -0.548. The smallest absolute Gasteiger partial charge is 0.246 e. The van der Waals surface area contributed by atoms with Gasteiger partial charge in [0.15, 0.2) is 22.5 Å². The van der Waals surface area contributed by atoms with Gasteiger partial charge < -0.3 is 14.7 Å². The molecule has 3 aromatic rings. The van der Waals surface area contributed by atoms with Gasteiger partial charge in [-0.05, 0) is 12.1 Å². The van der Waals surface area contributed by atoms with Gasteiger partial charge >= 0.3 is 0 Å². The number of fused-ring (bicyclic) bond motifs is 2. The second-order valence-electron chi connectivity index (χ2n) is 4.06. The molecule has 1 aromatic heterocycles. The van der Waals surface area contributed by atoms with E-state index in [0.717, 1.165) is 4.73 Å². The lowest BCUT2D eigenvalue weighted by atomic mass is 10.2. The molecule has 2 aromatic carbocycles. The topological polar surface area (TPSA) is 58.3 Å². The van der Waals surface area contributed by atoms with E-state index in [-0.39, 0.29) is 0 Å². The van der Waals surface area contributed by atoms with Crippen LogP contribution in [0.3, 0.4) is 0 Å². The third kappa shape index (κ3) is 1.62. The number of aromatic nitrogens is 2. The first kappa shape index (κ1) is 11.5. The van der Waals surface area contributed by atoms with Crippen LogP contribution in [0.15, 0.2) is 36.4 Å². The summed E-state index contributed by atoms with van der Waals surface area (Å²) in [6.07, 6.45) is 0. The molecule has 5 nitrogen and oxygen atoms in total. The number of rotatable bonds is 2. The minimum atomic E-state index is 0.472. The van der Waals surface area contributed by atoms with Gasteiger partial charge in [-0.1, -0.05) is 12.1 Å². The van der Waals surface area contributed by atoms with Crippen molar-refractivity contribution in [2.75, 3.05) is 14.2 Å². The molecule has 0 fully saturated rings. The molecule has 1 heterocycles. The van der Waals surface area contributed by atoms with Crippen LogP contribution in [0.4, 0.5) is 0 Å². The fourth-order valence-electron chi connectivity index (χ4n) is 2.15. The van der Waals surface area contributed by atoms with Crippen LogP contribution in [0.1, 0.15) is 0 Å². The van der Waals surface area contributed by atoms with Crippen molar-refractivity contribution in [3.8, 4) is 11.5 Å². The minimum absolute atomic E-state index is 0.472. The normalized spacial score (nSPS) is 10.8. The van der Waals surface area contributed by atoms with Gasteiger partial charge in [-0.2, -0.15) is 4.73 Å². The summed E-state index contributed by atoms with van der Waals surface area (Å²) in [4.78, 5) is 4.51. The molecule has 0 aliphatic heterocycles. The summed E-state index contributed by atoms with van der Waals surface area (Å²) in [7, 11) is 3.11. The van der Waals surface area contributed by atoms with E-state index in [4.69, 9.17) is 9.47 Å². The molecule has 0 aliphatic carbocycles. The van der Waals surface area contributed by atoms with Crippen LogP contribution in [0, 0.1) is 5.21 Å². The molecule has 0 saturated heterocycles. The number of methoxy groups -OCH3 is 2. The average molecular weight is 256 g/mol. The predicted octanol–water partition coefficient (Wildman–Crippen LogP) is 2.04.